The first kappa shape index (κ1) is 14.7. The lowest BCUT2D eigenvalue weighted by molar-refractivity contribution is -0.153. The number of carbonyl (C=O) groups is 2. The zero-order valence-electron chi connectivity index (χ0n) is 11.3. The van der Waals surface area contributed by atoms with Crippen molar-refractivity contribution >= 4 is 11.9 Å². The van der Waals surface area contributed by atoms with Crippen LogP contribution in [0.25, 0.3) is 0 Å². The van der Waals surface area contributed by atoms with Crippen molar-refractivity contribution in [1.29, 1.82) is 0 Å². The van der Waals surface area contributed by atoms with Gasteiger partial charge in [-0.3, -0.25) is 9.59 Å². The van der Waals surface area contributed by atoms with Crippen molar-refractivity contribution in [2.24, 2.45) is 11.8 Å². The molecule has 1 aliphatic carbocycles. The molecular formula is C14H22O4. The van der Waals surface area contributed by atoms with Gasteiger partial charge >= 0.3 is 11.9 Å². The molecule has 0 bridgehead atoms. The van der Waals surface area contributed by atoms with E-state index in [1.165, 1.54) is 0 Å². The minimum Gasteiger partial charge on any atom is -0.481 e. The zero-order valence-corrected chi connectivity index (χ0v) is 11.3. The highest BCUT2D eigenvalue weighted by atomic mass is 16.6. The van der Waals surface area contributed by atoms with E-state index in [2.05, 4.69) is 0 Å². The van der Waals surface area contributed by atoms with Crippen LogP contribution >= 0.6 is 0 Å². The monoisotopic (exact) mass is 254 g/mol. The summed E-state index contributed by atoms with van der Waals surface area (Å²) in [4.78, 5) is 22.4. The fourth-order valence-corrected chi connectivity index (χ4v) is 2.25. The van der Waals surface area contributed by atoms with E-state index in [1.54, 1.807) is 6.08 Å². The van der Waals surface area contributed by atoms with Gasteiger partial charge in [0, 0.05) is 0 Å². The smallest absolute Gasteiger partial charge is 0.310 e. The summed E-state index contributed by atoms with van der Waals surface area (Å²) in [5, 5.41) is 9.02. The van der Waals surface area contributed by atoms with Crippen LogP contribution in [0.3, 0.4) is 0 Å². The summed E-state index contributed by atoms with van der Waals surface area (Å²) in [5.41, 5.74) is -0.470. The molecule has 1 saturated carbocycles. The lowest BCUT2D eigenvalue weighted by Crippen LogP contribution is -2.23. The molecule has 102 valence electrons. The van der Waals surface area contributed by atoms with Gasteiger partial charge in [0.05, 0.1) is 12.3 Å². The number of aliphatic carboxylic acids is 1. The normalized spacial score (nSPS) is 24.4. The standard InChI is InChI=1S/C14H22O4/c1-14(2,3)18-12(15)9-5-7-10-6-4-8-11(10)13(16)17/h5,7,10-11H,4,6,8-9H2,1-3H3,(H,16,17)/b7-5+. The quantitative estimate of drug-likeness (QED) is 0.619. The molecule has 0 aromatic carbocycles. The average Bonchev–Trinajstić information content (AvgIpc) is 2.62. The highest BCUT2D eigenvalue weighted by Gasteiger charge is 2.30. The summed E-state index contributed by atoms with van der Waals surface area (Å²) in [6.45, 7) is 5.48. The number of ether oxygens (including phenoxy) is 1. The molecule has 1 fully saturated rings. The number of carbonyl (C=O) groups excluding carboxylic acids is 1. The number of allylic oxidation sites excluding steroid dienone is 1. The van der Waals surface area contributed by atoms with Crippen LogP contribution in [0, 0.1) is 11.8 Å². The van der Waals surface area contributed by atoms with Gasteiger partial charge in [0.15, 0.2) is 0 Å². The largest absolute Gasteiger partial charge is 0.481 e. The summed E-state index contributed by atoms with van der Waals surface area (Å²) in [6, 6.07) is 0. The molecule has 0 amide bonds. The SMILES string of the molecule is CC(C)(C)OC(=O)C/C=C/C1CCCC1C(=O)O. The summed E-state index contributed by atoms with van der Waals surface area (Å²) < 4.78 is 5.17. The van der Waals surface area contributed by atoms with Crippen molar-refractivity contribution in [3.63, 3.8) is 0 Å². The third-order valence-corrected chi connectivity index (χ3v) is 2.97. The molecule has 0 heterocycles. The van der Waals surface area contributed by atoms with Crippen molar-refractivity contribution in [3.05, 3.63) is 12.2 Å². The summed E-state index contributed by atoms with van der Waals surface area (Å²) in [5.74, 6) is -1.24. The van der Waals surface area contributed by atoms with Gasteiger partial charge in [-0.25, -0.2) is 0 Å². The van der Waals surface area contributed by atoms with Gasteiger partial charge in [-0.15, -0.1) is 0 Å². The molecule has 18 heavy (non-hydrogen) atoms. The van der Waals surface area contributed by atoms with Gasteiger partial charge in [-0.1, -0.05) is 18.6 Å². The Labute approximate surface area is 108 Å². The topological polar surface area (TPSA) is 63.6 Å². The van der Waals surface area contributed by atoms with Crippen LogP contribution < -0.4 is 0 Å². The number of hydrogen-bond acceptors (Lipinski definition) is 3. The number of rotatable bonds is 4. The average molecular weight is 254 g/mol. The Balaban J connectivity index is 2.41. The van der Waals surface area contributed by atoms with Gasteiger partial charge in [-0.05, 0) is 39.5 Å². The molecule has 1 N–H and O–H groups in total. The lowest BCUT2D eigenvalue weighted by Gasteiger charge is -2.18. The Kier molecular flexibility index (Phi) is 4.93. The highest BCUT2D eigenvalue weighted by molar-refractivity contribution is 5.72. The zero-order chi connectivity index (χ0) is 13.8. The van der Waals surface area contributed by atoms with E-state index < -0.39 is 11.6 Å². The minimum atomic E-state index is -0.737. The molecule has 2 atom stereocenters. The fraction of sp³-hybridized carbons (Fsp3) is 0.714. The van der Waals surface area contributed by atoms with E-state index in [0.717, 1.165) is 19.3 Å². The molecule has 0 saturated heterocycles. The predicted octanol–water partition coefficient (Wildman–Crippen LogP) is 2.78. The first-order chi connectivity index (χ1) is 8.29. The number of esters is 1. The number of carboxylic acid groups (broad SMARTS) is 1. The van der Waals surface area contributed by atoms with Crippen molar-refractivity contribution in [2.75, 3.05) is 0 Å². The summed E-state index contributed by atoms with van der Waals surface area (Å²) in [7, 11) is 0. The molecule has 0 aromatic heterocycles. The van der Waals surface area contributed by atoms with Crippen molar-refractivity contribution < 1.29 is 19.4 Å². The third-order valence-electron chi connectivity index (χ3n) is 2.97. The van der Waals surface area contributed by atoms with Crippen LogP contribution in [0.4, 0.5) is 0 Å². The maximum Gasteiger partial charge on any atom is 0.310 e. The third kappa shape index (κ3) is 4.90. The Bertz CT molecular complexity index is 338. The maximum absolute atomic E-state index is 11.5. The Morgan fingerprint density at radius 2 is 2.00 bits per heavy atom. The van der Waals surface area contributed by atoms with Gasteiger partial charge < -0.3 is 9.84 Å². The van der Waals surface area contributed by atoms with Crippen LogP contribution in [0.5, 0.6) is 0 Å². The molecule has 2 unspecified atom stereocenters. The summed E-state index contributed by atoms with van der Waals surface area (Å²) in [6.07, 6.45) is 6.37. The Hall–Kier alpha value is -1.32. The van der Waals surface area contributed by atoms with E-state index >= 15 is 0 Å². The number of carboxylic acids is 1. The van der Waals surface area contributed by atoms with Crippen LogP contribution in [0.2, 0.25) is 0 Å². The molecule has 0 spiro atoms. The molecule has 1 aliphatic rings. The van der Waals surface area contributed by atoms with Crippen LogP contribution in [0.1, 0.15) is 46.5 Å². The highest BCUT2D eigenvalue weighted by Crippen LogP contribution is 2.32. The molecule has 1 rings (SSSR count). The van der Waals surface area contributed by atoms with Crippen molar-refractivity contribution in [1.82, 2.24) is 0 Å². The maximum atomic E-state index is 11.5. The molecular weight excluding hydrogens is 232 g/mol. The van der Waals surface area contributed by atoms with Crippen LogP contribution in [0.15, 0.2) is 12.2 Å². The van der Waals surface area contributed by atoms with Crippen LogP contribution in [-0.4, -0.2) is 22.6 Å². The Morgan fingerprint density at radius 3 is 2.56 bits per heavy atom. The van der Waals surface area contributed by atoms with E-state index in [4.69, 9.17) is 9.84 Å². The van der Waals surface area contributed by atoms with Gasteiger partial charge in [0.25, 0.3) is 0 Å². The second-order valence-electron chi connectivity index (χ2n) is 5.76. The second-order valence-corrected chi connectivity index (χ2v) is 5.76. The van der Waals surface area contributed by atoms with Crippen molar-refractivity contribution in [3.8, 4) is 0 Å². The van der Waals surface area contributed by atoms with Gasteiger partial charge in [0.1, 0.15) is 5.60 Å². The predicted molar refractivity (Wildman–Crippen MR) is 68.1 cm³/mol. The van der Waals surface area contributed by atoms with Gasteiger partial charge in [-0.2, -0.15) is 0 Å². The number of hydrogen-bond donors (Lipinski definition) is 1. The molecule has 0 aliphatic heterocycles. The van der Waals surface area contributed by atoms with E-state index in [1.807, 2.05) is 26.8 Å². The molecule has 0 aromatic rings. The molecule has 4 nitrogen and oxygen atoms in total. The van der Waals surface area contributed by atoms with E-state index in [9.17, 15) is 9.59 Å². The molecule has 0 radical (unpaired) electrons. The van der Waals surface area contributed by atoms with E-state index in [0.29, 0.717) is 0 Å². The Morgan fingerprint density at radius 1 is 1.33 bits per heavy atom. The van der Waals surface area contributed by atoms with Gasteiger partial charge in [0.2, 0.25) is 0 Å². The van der Waals surface area contributed by atoms with E-state index in [-0.39, 0.29) is 24.2 Å². The summed E-state index contributed by atoms with van der Waals surface area (Å²) >= 11 is 0. The lowest BCUT2D eigenvalue weighted by atomic mass is 9.95. The minimum absolute atomic E-state index is 0.0601. The first-order valence-corrected chi connectivity index (χ1v) is 6.41. The van der Waals surface area contributed by atoms with Crippen molar-refractivity contribution in [2.45, 2.75) is 52.1 Å². The molecule has 4 heteroatoms. The first-order valence-electron chi connectivity index (χ1n) is 6.41. The van der Waals surface area contributed by atoms with Crippen LogP contribution in [-0.2, 0) is 14.3 Å². The fourth-order valence-electron chi connectivity index (χ4n) is 2.25. The second kappa shape index (κ2) is 6.03.